The van der Waals surface area contributed by atoms with Gasteiger partial charge < -0.3 is 20.4 Å². The number of aliphatic hydroxyl groups excluding tert-OH is 1. The van der Waals surface area contributed by atoms with Gasteiger partial charge in [-0.05, 0) is 89.8 Å². The minimum absolute atomic E-state index is 0.0646. The molecule has 0 saturated heterocycles. The third kappa shape index (κ3) is 23.3. The highest BCUT2D eigenvalue weighted by Crippen LogP contribution is 2.20. The lowest BCUT2D eigenvalue weighted by atomic mass is 9.92. The van der Waals surface area contributed by atoms with Gasteiger partial charge in [0.25, 0.3) is 0 Å². The van der Waals surface area contributed by atoms with Gasteiger partial charge in [-0.2, -0.15) is 0 Å². The molecule has 0 radical (unpaired) electrons. The third-order valence-corrected chi connectivity index (χ3v) is 7.20. The third-order valence-electron chi connectivity index (χ3n) is 7.20. The van der Waals surface area contributed by atoms with Gasteiger partial charge in [0.1, 0.15) is 0 Å². The summed E-state index contributed by atoms with van der Waals surface area (Å²) in [5.74, 6) is -0.247. The zero-order valence-corrected chi connectivity index (χ0v) is 24.1. The van der Waals surface area contributed by atoms with Crippen molar-refractivity contribution >= 4 is 11.9 Å². The maximum atomic E-state index is 12.2. The van der Waals surface area contributed by atoms with Crippen LogP contribution in [0.4, 0.5) is 0 Å². The zero-order valence-electron chi connectivity index (χ0n) is 24.1. The fourth-order valence-corrected chi connectivity index (χ4v) is 4.80. The van der Waals surface area contributed by atoms with Crippen molar-refractivity contribution < 1.29 is 19.8 Å². The molecule has 0 aromatic heterocycles. The Morgan fingerprint density at radius 3 is 1.89 bits per heavy atom. The number of aliphatic hydroxyl groups is 1. The molecule has 0 fully saturated rings. The van der Waals surface area contributed by atoms with Crippen LogP contribution in [-0.4, -0.2) is 59.3 Å². The molecule has 0 aromatic rings. The summed E-state index contributed by atoms with van der Waals surface area (Å²) in [7, 11) is 0. The molecule has 2 unspecified atom stereocenters. The van der Waals surface area contributed by atoms with E-state index >= 15 is 0 Å². The number of rotatable bonds is 27. The standard InChI is InChI=1S/C30H60N2O4/c1-4-7-10-11-12-18-28(33)19-13-20-29(34)31-23-14-16-27(21-22-30(35)36)17-15-26-32(24-8-5-2)25-9-6-3/h27-28,33H,4-26H2,1-3H3,(H,31,34)(H,35,36). The molecule has 0 saturated carbocycles. The molecule has 0 bridgehead atoms. The van der Waals surface area contributed by atoms with Crippen molar-refractivity contribution in [3.05, 3.63) is 0 Å². The molecule has 0 aliphatic carbocycles. The summed E-state index contributed by atoms with van der Waals surface area (Å²) in [6.07, 6.45) is 18.4. The summed E-state index contributed by atoms with van der Waals surface area (Å²) in [6.45, 7) is 10.8. The van der Waals surface area contributed by atoms with Crippen molar-refractivity contribution in [3.8, 4) is 0 Å². The Kier molecular flexibility index (Phi) is 24.7. The number of hydrogen-bond donors (Lipinski definition) is 3. The molecule has 0 aliphatic rings. The molecule has 0 heterocycles. The molecule has 2 atom stereocenters. The minimum Gasteiger partial charge on any atom is -0.481 e. The van der Waals surface area contributed by atoms with Gasteiger partial charge in [-0.15, -0.1) is 0 Å². The van der Waals surface area contributed by atoms with Gasteiger partial charge in [-0.25, -0.2) is 0 Å². The van der Waals surface area contributed by atoms with Crippen molar-refractivity contribution in [3.63, 3.8) is 0 Å². The lowest BCUT2D eigenvalue weighted by Gasteiger charge is -2.23. The zero-order chi connectivity index (χ0) is 26.9. The lowest BCUT2D eigenvalue weighted by Crippen LogP contribution is -2.27. The van der Waals surface area contributed by atoms with Crippen molar-refractivity contribution in [1.29, 1.82) is 0 Å². The van der Waals surface area contributed by atoms with Crippen molar-refractivity contribution in [2.24, 2.45) is 5.92 Å². The summed E-state index contributed by atoms with van der Waals surface area (Å²) >= 11 is 0. The first-order valence-electron chi connectivity index (χ1n) is 15.3. The Labute approximate surface area is 223 Å². The fraction of sp³-hybridized carbons (Fsp3) is 0.933. The average molecular weight is 513 g/mol. The summed E-state index contributed by atoms with van der Waals surface area (Å²) in [6, 6.07) is 0. The highest BCUT2D eigenvalue weighted by molar-refractivity contribution is 5.75. The molecule has 6 nitrogen and oxygen atoms in total. The van der Waals surface area contributed by atoms with Crippen LogP contribution >= 0.6 is 0 Å². The number of hydrogen-bond acceptors (Lipinski definition) is 4. The van der Waals surface area contributed by atoms with Crippen LogP contribution in [0.1, 0.15) is 143 Å². The molecule has 0 aromatic carbocycles. The highest BCUT2D eigenvalue weighted by Gasteiger charge is 2.13. The molecular weight excluding hydrogens is 452 g/mol. The van der Waals surface area contributed by atoms with Crippen LogP contribution in [0, 0.1) is 5.92 Å². The molecular formula is C30H60N2O4. The summed E-state index contributed by atoms with van der Waals surface area (Å²) < 4.78 is 0. The SMILES string of the molecule is CCCCCCCC(O)CCCC(=O)NCCCC(CCCN(CCCC)CCCC)CCC(=O)O. The predicted octanol–water partition coefficient (Wildman–Crippen LogP) is 6.94. The number of carboxylic acids is 1. The number of aliphatic carboxylic acids is 1. The van der Waals surface area contributed by atoms with Gasteiger partial charge >= 0.3 is 5.97 Å². The van der Waals surface area contributed by atoms with Crippen LogP contribution in [0.2, 0.25) is 0 Å². The van der Waals surface area contributed by atoms with Crippen LogP contribution in [-0.2, 0) is 9.59 Å². The van der Waals surface area contributed by atoms with Crippen LogP contribution < -0.4 is 5.32 Å². The molecule has 6 heteroatoms. The van der Waals surface area contributed by atoms with Crippen molar-refractivity contribution in [1.82, 2.24) is 10.2 Å². The van der Waals surface area contributed by atoms with Crippen LogP contribution in [0.3, 0.4) is 0 Å². The Morgan fingerprint density at radius 1 is 0.667 bits per heavy atom. The minimum atomic E-state index is -0.719. The van der Waals surface area contributed by atoms with E-state index in [-0.39, 0.29) is 18.4 Å². The molecule has 0 spiro atoms. The van der Waals surface area contributed by atoms with E-state index in [9.17, 15) is 14.7 Å². The van der Waals surface area contributed by atoms with E-state index in [1.54, 1.807) is 0 Å². The monoisotopic (exact) mass is 512 g/mol. The van der Waals surface area contributed by atoms with Crippen molar-refractivity contribution in [2.75, 3.05) is 26.2 Å². The van der Waals surface area contributed by atoms with Crippen molar-refractivity contribution in [2.45, 2.75) is 149 Å². The van der Waals surface area contributed by atoms with E-state index in [1.165, 1.54) is 51.4 Å². The molecule has 0 rings (SSSR count). The maximum absolute atomic E-state index is 12.2. The van der Waals surface area contributed by atoms with E-state index < -0.39 is 5.97 Å². The predicted molar refractivity (Wildman–Crippen MR) is 151 cm³/mol. The number of unbranched alkanes of at least 4 members (excludes halogenated alkanes) is 6. The second-order valence-corrected chi connectivity index (χ2v) is 10.7. The smallest absolute Gasteiger partial charge is 0.303 e. The Bertz CT molecular complexity index is 507. The number of nitrogens with zero attached hydrogens (tertiary/aromatic N) is 1. The number of nitrogens with one attached hydrogen (secondary N) is 1. The second-order valence-electron chi connectivity index (χ2n) is 10.7. The van der Waals surface area contributed by atoms with E-state index in [1.807, 2.05) is 0 Å². The molecule has 0 aliphatic heterocycles. The fourth-order valence-electron chi connectivity index (χ4n) is 4.80. The Morgan fingerprint density at radius 2 is 1.25 bits per heavy atom. The van der Waals surface area contributed by atoms with E-state index in [0.29, 0.717) is 25.3 Å². The van der Waals surface area contributed by atoms with Crippen LogP contribution in [0.25, 0.3) is 0 Å². The lowest BCUT2D eigenvalue weighted by molar-refractivity contribution is -0.137. The molecule has 3 N–H and O–H groups in total. The van der Waals surface area contributed by atoms with Gasteiger partial charge in [0.2, 0.25) is 5.91 Å². The van der Waals surface area contributed by atoms with Crippen LogP contribution in [0.15, 0.2) is 0 Å². The largest absolute Gasteiger partial charge is 0.481 e. The first-order chi connectivity index (χ1) is 17.4. The highest BCUT2D eigenvalue weighted by atomic mass is 16.4. The maximum Gasteiger partial charge on any atom is 0.303 e. The van der Waals surface area contributed by atoms with Gasteiger partial charge in [0.15, 0.2) is 0 Å². The summed E-state index contributed by atoms with van der Waals surface area (Å²) in [4.78, 5) is 25.8. The molecule has 214 valence electrons. The average Bonchev–Trinajstić information content (AvgIpc) is 2.85. The quantitative estimate of drug-likeness (QED) is 0.104. The second kappa shape index (κ2) is 25.5. The summed E-state index contributed by atoms with van der Waals surface area (Å²) in [5.41, 5.74) is 0. The summed E-state index contributed by atoms with van der Waals surface area (Å²) in [5, 5.41) is 22.3. The first-order valence-corrected chi connectivity index (χ1v) is 15.3. The van der Waals surface area contributed by atoms with Gasteiger partial charge in [0.05, 0.1) is 6.10 Å². The first kappa shape index (κ1) is 34.9. The number of amides is 1. The number of carboxylic acid groups (broad SMARTS) is 1. The Balaban J connectivity index is 4.12. The number of carbonyl (C=O) groups excluding carboxylic acids is 1. The number of carbonyl (C=O) groups is 2. The normalized spacial score (nSPS) is 13.1. The van der Waals surface area contributed by atoms with Crippen LogP contribution in [0.5, 0.6) is 0 Å². The topological polar surface area (TPSA) is 89.9 Å². The van der Waals surface area contributed by atoms with Gasteiger partial charge in [-0.3, -0.25) is 9.59 Å². The molecule has 36 heavy (non-hydrogen) atoms. The van der Waals surface area contributed by atoms with E-state index in [0.717, 1.165) is 71.0 Å². The van der Waals surface area contributed by atoms with E-state index in [2.05, 4.69) is 31.0 Å². The van der Waals surface area contributed by atoms with E-state index in [4.69, 9.17) is 5.11 Å². The Hall–Kier alpha value is -1.14. The van der Waals surface area contributed by atoms with Gasteiger partial charge in [0, 0.05) is 19.4 Å². The molecule has 1 amide bonds. The van der Waals surface area contributed by atoms with Gasteiger partial charge in [-0.1, -0.05) is 65.7 Å².